The van der Waals surface area contributed by atoms with Gasteiger partial charge in [-0.15, -0.1) is 0 Å². The fourth-order valence-electron chi connectivity index (χ4n) is 2.66. The summed E-state index contributed by atoms with van der Waals surface area (Å²) >= 11 is 0. The molecule has 2 rings (SSSR count). The molecule has 0 aliphatic carbocycles. The first-order valence-electron chi connectivity index (χ1n) is 7.59. The number of ether oxygens (including phenoxy) is 1. The van der Waals surface area contributed by atoms with E-state index in [4.69, 9.17) is 10.00 Å². The minimum atomic E-state index is 0.102. The van der Waals surface area contributed by atoms with Crippen molar-refractivity contribution in [3.05, 3.63) is 29.8 Å². The SMILES string of the molecule is CN1CCC(C)(CNCc2ccc(OCC#N)cc2)CC1. The van der Waals surface area contributed by atoms with E-state index < -0.39 is 0 Å². The van der Waals surface area contributed by atoms with Crippen molar-refractivity contribution in [3.63, 3.8) is 0 Å². The van der Waals surface area contributed by atoms with Crippen molar-refractivity contribution in [1.29, 1.82) is 5.26 Å². The molecular formula is C17H25N3O. The summed E-state index contributed by atoms with van der Waals surface area (Å²) in [7, 11) is 2.20. The zero-order valence-electron chi connectivity index (χ0n) is 13.1. The minimum Gasteiger partial charge on any atom is -0.479 e. The Morgan fingerprint density at radius 3 is 2.57 bits per heavy atom. The van der Waals surface area contributed by atoms with Crippen LogP contribution in [0.3, 0.4) is 0 Å². The molecule has 0 bridgehead atoms. The van der Waals surface area contributed by atoms with Crippen LogP contribution in [0.1, 0.15) is 25.3 Å². The fourth-order valence-corrected chi connectivity index (χ4v) is 2.66. The van der Waals surface area contributed by atoms with Crippen LogP contribution in [0, 0.1) is 16.7 Å². The van der Waals surface area contributed by atoms with Gasteiger partial charge in [0.15, 0.2) is 6.61 Å². The molecule has 0 radical (unpaired) electrons. The molecule has 1 heterocycles. The van der Waals surface area contributed by atoms with Gasteiger partial charge in [-0.25, -0.2) is 0 Å². The summed E-state index contributed by atoms with van der Waals surface area (Å²) in [6.07, 6.45) is 2.52. The number of hydrogen-bond acceptors (Lipinski definition) is 4. The van der Waals surface area contributed by atoms with Gasteiger partial charge in [-0.05, 0) is 56.1 Å². The van der Waals surface area contributed by atoms with Crippen molar-refractivity contribution >= 4 is 0 Å². The Bertz CT molecular complexity index is 470. The van der Waals surface area contributed by atoms with E-state index in [1.807, 2.05) is 18.2 Å². The van der Waals surface area contributed by atoms with Gasteiger partial charge in [0, 0.05) is 13.1 Å². The molecule has 0 amide bonds. The summed E-state index contributed by atoms with van der Waals surface area (Å²) in [6.45, 7) is 6.82. The van der Waals surface area contributed by atoms with Gasteiger partial charge in [0.25, 0.3) is 0 Å². The molecule has 1 aliphatic rings. The standard InChI is InChI=1S/C17H25N3O/c1-17(7-10-20(2)11-8-17)14-19-13-15-3-5-16(6-4-15)21-12-9-18/h3-6,19H,7-8,10-14H2,1-2H3. The summed E-state index contributed by atoms with van der Waals surface area (Å²) in [5, 5.41) is 12.1. The van der Waals surface area contributed by atoms with Crippen LogP contribution in [-0.2, 0) is 6.54 Å². The molecule has 4 nitrogen and oxygen atoms in total. The summed E-state index contributed by atoms with van der Waals surface area (Å²) in [4.78, 5) is 2.40. The van der Waals surface area contributed by atoms with E-state index >= 15 is 0 Å². The monoisotopic (exact) mass is 287 g/mol. The normalized spacial score (nSPS) is 18.1. The predicted octanol–water partition coefficient (Wildman–Crippen LogP) is 2.41. The van der Waals surface area contributed by atoms with E-state index in [0.29, 0.717) is 5.41 Å². The highest BCUT2D eigenvalue weighted by atomic mass is 16.5. The van der Waals surface area contributed by atoms with E-state index in [-0.39, 0.29) is 6.61 Å². The number of nitriles is 1. The Kier molecular flexibility index (Phi) is 5.60. The third-order valence-electron chi connectivity index (χ3n) is 4.30. The fraction of sp³-hybridized carbons (Fsp3) is 0.588. The maximum absolute atomic E-state index is 8.47. The maximum Gasteiger partial charge on any atom is 0.174 e. The topological polar surface area (TPSA) is 48.3 Å². The first kappa shape index (κ1) is 15.8. The molecule has 0 saturated carbocycles. The van der Waals surface area contributed by atoms with E-state index in [2.05, 4.69) is 36.3 Å². The maximum atomic E-state index is 8.47. The van der Waals surface area contributed by atoms with Crippen LogP contribution < -0.4 is 10.1 Å². The zero-order chi connectivity index (χ0) is 15.1. The van der Waals surface area contributed by atoms with Crippen LogP contribution in [0.2, 0.25) is 0 Å². The van der Waals surface area contributed by atoms with Gasteiger partial charge in [-0.3, -0.25) is 0 Å². The Labute approximate surface area is 127 Å². The quantitative estimate of drug-likeness (QED) is 0.873. The molecule has 1 N–H and O–H groups in total. The summed E-state index contributed by atoms with van der Waals surface area (Å²) < 4.78 is 5.25. The second-order valence-electron chi connectivity index (χ2n) is 6.31. The van der Waals surface area contributed by atoms with Crippen LogP contribution in [0.4, 0.5) is 0 Å². The Morgan fingerprint density at radius 2 is 1.95 bits per heavy atom. The molecule has 0 aromatic heterocycles. The largest absolute Gasteiger partial charge is 0.479 e. The second kappa shape index (κ2) is 7.44. The van der Waals surface area contributed by atoms with Gasteiger partial charge in [0.1, 0.15) is 11.8 Å². The third kappa shape index (κ3) is 5.04. The number of likely N-dealkylation sites (tertiary alicyclic amines) is 1. The van der Waals surface area contributed by atoms with Crippen molar-refractivity contribution in [2.24, 2.45) is 5.41 Å². The first-order chi connectivity index (χ1) is 10.1. The van der Waals surface area contributed by atoms with Gasteiger partial charge in [-0.2, -0.15) is 5.26 Å². The Hall–Kier alpha value is -1.57. The third-order valence-corrected chi connectivity index (χ3v) is 4.30. The van der Waals surface area contributed by atoms with Crippen molar-refractivity contribution in [2.75, 3.05) is 33.3 Å². The highest BCUT2D eigenvalue weighted by Crippen LogP contribution is 2.29. The van der Waals surface area contributed by atoms with E-state index in [1.54, 1.807) is 0 Å². The lowest BCUT2D eigenvalue weighted by molar-refractivity contribution is 0.137. The van der Waals surface area contributed by atoms with Gasteiger partial charge in [-0.1, -0.05) is 19.1 Å². The van der Waals surface area contributed by atoms with E-state index in [9.17, 15) is 0 Å². The molecule has 0 spiro atoms. The van der Waals surface area contributed by atoms with Crippen molar-refractivity contribution in [1.82, 2.24) is 10.2 Å². The Balaban J connectivity index is 1.74. The van der Waals surface area contributed by atoms with Crippen LogP contribution in [0.5, 0.6) is 5.75 Å². The van der Waals surface area contributed by atoms with Crippen LogP contribution in [0.25, 0.3) is 0 Å². The van der Waals surface area contributed by atoms with Crippen LogP contribution in [-0.4, -0.2) is 38.2 Å². The number of rotatable bonds is 6. The van der Waals surface area contributed by atoms with E-state index in [0.717, 1.165) is 18.8 Å². The molecule has 114 valence electrons. The highest BCUT2D eigenvalue weighted by molar-refractivity contribution is 5.27. The van der Waals surface area contributed by atoms with Crippen molar-refractivity contribution in [2.45, 2.75) is 26.3 Å². The summed E-state index contributed by atoms with van der Waals surface area (Å²) in [6, 6.07) is 9.92. The number of piperidine rings is 1. The lowest BCUT2D eigenvalue weighted by Crippen LogP contribution is -2.41. The molecule has 1 saturated heterocycles. The second-order valence-corrected chi connectivity index (χ2v) is 6.31. The molecule has 1 fully saturated rings. The van der Waals surface area contributed by atoms with Crippen molar-refractivity contribution < 1.29 is 4.74 Å². The number of nitrogens with zero attached hydrogens (tertiary/aromatic N) is 2. The molecule has 0 atom stereocenters. The molecule has 0 unspecified atom stereocenters. The highest BCUT2D eigenvalue weighted by Gasteiger charge is 2.28. The van der Waals surface area contributed by atoms with Crippen LogP contribution in [0.15, 0.2) is 24.3 Å². The zero-order valence-corrected chi connectivity index (χ0v) is 13.1. The van der Waals surface area contributed by atoms with Crippen LogP contribution >= 0.6 is 0 Å². The average molecular weight is 287 g/mol. The molecule has 1 aromatic carbocycles. The lowest BCUT2D eigenvalue weighted by atomic mass is 9.80. The number of hydrogen-bond donors (Lipinski definition) is 1. The van der Waals surface area contributed by atoms with Gasteiger partial charge < -0.3 is 15.0 Å². The summed E-state index contributed by atoms with van der Waals surface area (Å²) in [5.74, 6) is 0.752. The summed E-state index contributed by atoms with van der Waals surface area (Å²) in [5.41, 5.74) is 1.67. The van der Waals surface area contributed by atoms with Gasteiger partial charge in [0.2, 0.25) is 0 Å². The Morgan fingerprint density at radius 1 is 1.29 bits per heavy atom. The number of benzene rings is 1. The van der Waals surface area contributed by atoms with Crippen molar-refractivity contribution in [3.8, 4) is 11.8 Å². The molecular weight excluding hydrogens is 262 g/mol. The van der Waals surface area contributed by atoms with Gasteiger partial charge in [0.05, 0.1) is 0 Å². The first-order valence-corrected chi connectivity index (χ1v) is 7.59. The molecule has 1 aromatic rings. The average Bonchev–Trinajstić information content (AvgIpc) is 2.50. The van der Waals surface area contributed by atoms with Gasteiger partial charge >= 0.3 is 0 Å². The smallest absolute Gasteiger partial charge is 0.174 e. The minimum absolute atomic E-state index is 0.102. The lowest BCUT2D eigenvalue weighted by Gasteiger charge is -2.38. The predicted molar refractivity (Wildman–Crippen MR) is 84.1 cm³/mol. The molecule has 21 heavy (non-hydrogen) atoms. The number of nitrogens with one attached hydrogen (secondary N) is 1. The van der Waals surface area contributed by atoms with E-state index in [1.165, 1.54) is 31.5 Å². The molecule has 4 heteroatoms. The molecule has 1 aliphatic heterocycles.